The Morgan fingerprint density at radius 3 is 2.09 bits per heavy atom. The molecule has 2 amide bonds. The second-order valence-corrected chi connectivity index (χ2v) is 12.0. The first kappa shape index (κ1) is 25.5. The number of thioether (sulfide) groups is 1. The van der Waals surface area contributed by atoms with Crippen LogP contribution in [-0.2, 0) is 14.8 Å². The largest absolute Gasteiger partial charge is 0.322 e. The van der Waals surface area contributed by atoms with Crippen molar-refractivity contribution in [1.29, 1.82) is 0 Å². The van der Waals surface area contributed by atoms with Crippen molar-refractivity contribution < 1.29 is 35.6 Å². The lowest BCUT2D eigenvalue weighted by atomic mass is 9.88. The predicted molar refractivity (Wildman–Crippen MR) is 122 cm³/mol. The Balaban J connectivity index is 1.35. The topological polar surface area (TPSA) is 92.3 Å². The van der Waals surface area contributed by atoms with E-state index in [4.69, 9.17) is 0 Å². The van der Waals surface area contributed by atoms with Crippen LogP contribution < -0.4 is 10.0 Å². The van der Waals surface area contributed by atoms with Gasteiger partial charge in [0.05, 0.1) is 5.25 Å². The van der Waals surface area contributed by atoms with Crippen molar-refractivity contribution in [2.24, 2.45) is 5.92 Å². The Morgan fingerprint density at radius 1 is 0.857 bits per heavy atom. The molecule has 0 aromatic heterocycles. The fourth-order valence-electron chi connectivity index (χ4n) is 3.87. The summed E-state index contributed by atoms with van der Waals surface area (Å²) in [5.74, 6) is -6.80. The molecule has 0 bridgehead atoms. The molecule has 0 saturated heterocycles. The van der Waals surface area contributed by atoms with E-state index in [1.807, 2.05) is 0 Å². The van der Waals surface area contributed by atoms with Crippen LogP contribution in [0.5, 0.6) is 0 Å². The lowest BCUT2D eigenvalue weighted by Gasteiger charge is -2.27. The minimum absolute atomic E-state index is 0.0392. The van der Waals surface area contributed by atoms with Crippen molar-refractivity contribution in [3.63, 3.8) is 0 Å². The molecule has 0 atom stereocenters. The van der Waals surface area contributed by atoms with Crippen LogP contribution in [0, 0.1) is 29.2 Å². The SMILES string of the molecule is O=C(Nc1cc(F)c(F)c(F)c1)c1ccc(F)c(SC2CCC(C(=O)NS(=O)(=O)C3CC3)CC2)c1. The lowest BCUT2D eigenvalue weighted by molar-refractivity contribution is -0.124. The Morgan fingerprint density at radius 2 is 1.49 bits per heavy atom. The first-order chi connectivity index (χ1) is 16.5. The average molecular weight is 531 g/mol. The van der Waals surface area contributed by atoms with E-state index < -0.39 is 56.3 Å². The van der Waals surface area contributed by atoms with Crippen LogP contribution in [0.2, 0.25) is 0 Å². The van der Waals surface area contributed by atoms with Gasteiger partial charge in [-0.1, -0.05) is 0 Å². The van der Waals surface area contributed by atoms with Gasteiger partial charge in [0.25, 0.3) is 5.91 Å². The highest BCUT2D eigenvalue weighted by atomic mass is 32.2. The number of anilines is 1. The second-order valence-electron chi connectivity index (χ2n) is 8.66. The number of hydrogen-bond acceptors (Lipinski definition) is 5. The quantitative estimate of drug-likeness (QED) is 0.398. The fourth-order valence-corrected chi connectivity index (χ4v) is 6.49. The summed E-state index contributed by atoms with van der Waals surface area (Å²) in [6.07, 6.45) is 3.13. The van der Waals surface area contributed by atoms with Crippen LogP contribution >= 0.6 is 11.8 Å². The molecular weight excluding hydrogens is 508 g/mol. The molecule has 0 heterocycles. The number of sulfonamides is 1. The van der Waals surface area contributed by atoms with Gasteiger partial charge in [-0.15, -0.1) is 11.8 Å². The Bertz CT molecular complexity index is 1240. The molecule has 2 saturated carbocycles. The third-order valence-electron chi connectivity index (χ3n) is 5.98. The summed E-state index contributed by atoms with van der Waals surface area (Å²) >= 11 is 1.20. The summed E-state index contributed by atoms with van der Waals surface area (Å²) < 4.78 is 80.4. The Kier molecular flexibility index (Phi) is 7.41. The van der Waals surface area contributed by atoms with E-state index in [-0.39, 0.29) is 21.4 Å². The van der Waals surface area contributed by atoms with Gasteiger partial charge in [-0.2, -0.15) is 0 Å². The van der Waals surface area contributed by atoms with Gasteiger partial charge in [-0.25, -0.2) is 26.0 Å². The zero-order valence-corrected chi connectivity index (χ0v) is 20.0. The van der Waals surface area contributed by atoms with Gasteiger partial charge in [0, 0.05) is 39.4 Å². The maximum Gasteiger partial charge on any atom is 0.255 e. The van der Waals surface area contributed by atoms with E-state index in [0.717, 1.165) is 6.07 Å². The summed E-state index contributed by atoms with van der Waals surface area (Å²) in [5, 5.41) is 1.73. The van der Waals surface area contributed by atoms with Gasteiger partial charge in [0.2, 0.25) is 15.9 Å². The minimum Gasteiger partial charge on any atom is -0.322 e. The molecule has 12 heteroatoms. The fraction of sp³-hybridized carbons (Fsp3) is 0.391. The van der Waals surface area contributed by atoms with Crippen molar-refractivity contribution in [2.75, 3.05) is 5.32 Å². The molecule has 2 aliphatic rings. The van der Waals surface area contributed by atoms with Crippen molar-refractivity contribution in [2.45, 2.75) is 53.9 Å². The number of amides is 2. The van der Waals surface area contributed by atoms with Gasteiger partial charge in [-0.05, 0) is 56.7 Å². The molecular formula is C23H22F4N2O4S2. The second kappa shape index (κ2) is 10.2. The molecule has 0 unspecified atom stereocenters. The van der Waals surface area contributed by atoms with E-state index in [1.165, 1.54) is 23.9 Å². The van der Waals surface area contributed by atoms with Gasteiger partial charge >= 0.3 is 0 Å². The third-order valence-corrected chi connectivity index (χ3v) is 9.19. The molecule has 0 radical (unpaired) electrons. The van der Waals surface area contributed by atoms with Gasteiger partial charge in [-0.3, -0.25) is 14.3 Å². The predicted octanol–water partition coefficient (Wildman–Crippen LogP) is 4.75. The average Bonchev–Trinajstić information content (AvgIpc) is 3.65. The maximum absolute atomic E-state index is 14.4. The normalized spacial score (nSPS) is 20.3. The minimum atomic E-state index is -3.60. The third kappa shape index (κ3) is 6.16. The standard InChI is InChI=1S/C23H22F4N2O4S2/c24-17-8-3-13(22(30)28-14-10-18(25)21(27)19(26)11-14)9-20(17)34-15-4-1-12(2-5-15)23(31)29-35(32,33)16-6-7-16/h3,8-12,15-16H,1-2,4-7H2,(H,28,30)(H,29,31). The van der Waals surface area contributed by atoms with Crippen LogP contribution in [0.4, 0.5) is 23.2 Å². The van der Waals surface area contributed by atoms with Crippen molar-refractivity contribution in [3.05, 3.63) is 59.2 Å². The molecule has 2 aliphatic carbocycles. The molecule has 0 aliphatic heterocycles. The monoisotopic (exact) mass is 530 g/mol. The van der Waals surface area contributed by atoms with E-state index in [2.05, 4.69) is 10.0 Å². The van der Waals surface area contributed by atoms with E-state index in [0.29, 0.717) is 50.7 Å². The van der Waals surface area contributed by atoms with Crippen molar-refractivity contribution in [3.8, 4) is 0 Å². The summed E-state index contributed by atoms with van der Waals surface area (Å²) in [7, 11) is -3.60. The van der Waals surface area contributed by atoms with Gasteiger partial charge < -0.3 is 5.32 Å². The molecule has 2 aromatic rings. The van der Waals surface area contributed by atoms with Crippen molar-refractivity contribution in [1.82, 2.24) is 4.72 Å². The highest BCUT2D eigenvalue weighted by molar-refractivity contribution is 8.00. The zero-order valence-electron chi connectivity index (χ0n) is 18.3. The van der Waals surface area contributed by atoms with Crippen molar-refractivity contribution >= 4 is 39.3 Å². The molecule has 6 nitrogen and oxygen atoms in total. The molecule has 2 aromatic carbocycles. The summed E-state index contributed by atoms with van der Waals surface area (Å²) in [5.41, 5.74) is -0.248. The van der Waals surface area contributed by atoms with E-state index >= 15 is 0 Å². The molecule has 35 heavy (non-hydrogen) atoms. The Hall–Kier alpha value is -2.60. The number of rotatable bonds is 7. The van der Waals surface area contributed by atoms with E-state index in [1.54, 1.807) is 0 Å². The maximum atomic E-state index is 14.4. The molecule has 4 rings (SSSR count). The lowest BCUT2D eigenvalue weighted by Crippen LogP contribution is -2.39. The molecule has 0 spiro atoms. The summed E-state index contributed by atoms with van der Waals surface area (Å²) in [4.78, 5) is 25.0. The number of hydrogen-bond donors (Lipinski definition) is 2. The van der Waals surface area contributed by atoms with Crippen LogP contribution in [0.3, 0.4) is 0 Å². The van der Waals surface area contributed by atoms with Crippen LogP contribution in [0.15, 0.2) is 35.2 Å². The molecule has 2 N–H and O–H groups in total. The zero-order chi connectivity index (χ0) is 25.3. The number of halogens is 4. The van der Waals surface area contributed by atoms with Crippen LogP contribution in [-0.4, -0.2) is 30.7 Å². The smallest absolute Gasteiger partial charge is 0.255 e. The summed E-state index contributed by atoms with van der Waals surface area (Å²) in [6.45, 7) is 0. The Labute approximate surface area is 203 Å². The van der Waals surface area contributed by atoms with Gasteiger partial charge in [0.15, 0.2) is 17.5 Å². The van der Waals surface area contributed by atoms with Crippen LogP contribution in [0.25, 0.3) is 0 Å². The first-order valence-electron chi connectivity index (χ1n) is 11.0. The van der Waals surface area contributed by atoms with E-state index in [9.17, 15) is 35.6 Å². The van der Waals surface area contributed by atoms with Crippen LogP contribution in [0.1, 0.15) is 48.9 Å². The number of nitrogens with one attached hydrogen (secondary N) is 2. The molecule has 2 fully saturated rings. The first-order valence-corrected chi connectivity index (χ1v) is 13.4. The highest BCUT2D eigenvalue weighted by Crippen LogP contribution is 2.38. The highest BCUT2D eigenvalue weighted by Gasteiger charge is 2.38. The summed E-state index contributed by atoms with van der Waals surface area (Å²) in [6, 6.07) is 4.91. The number of carbonyl (C=O) groups excluding carboxylic acids is 2. The number of benzene rings is 2. The van der Waals surface area contributed by atoms with Gasteiger partial charge in [0.1, 0.15) is 5.82 Å². The molecule has 188 valence electrons. The number of carbonyl (C=O) groups is 2.